The summed E-state index contributed by atoms with van der Waals surface area (Å²) in [5.41, 5.74) is 1.51. The zero-order valence-corrected chi connectivity index (χ0v) is 11.8. The maximum Gasteiger partial charge on any atom is 0.245 e. The minimum atomic E-state index is -3.53. The molecule has 0 saturated heterocycles. The lowest BCUT2D eigenvalue weighted by atomic mass is 10.2. The molecule has 1 N–H and O–H groups in total. The second-order valence-electron chi connectivity index (χ2n) is 3.93. The first-order chi connectivity index (χ1) is 8.50. The van der Waals surface area contributed by atoms with Gasteiger partial charge < -0.3 is 4.52 Å². The highest BCUT2D eigenvalue weighted by molar-refractivity contribution is 7.89. The van der Waals surface area contributed by atoms with Gasteiger partial charge in [-0.15, -0.1) is 0 Å². The topological polar surface area (TPSA) is 72.2 Å². The molecule has 0 bridgehead atoms. The third-order valence-electron chi connectivity index (χ3n) is 2.52. The average Bonchev–Trinajstić information content (AvgIpc) is 2.89. The maximum absolute atomic E-state index is 12.1. The maximum atomic E-state index is 12.1. The van der Waals surface area contributed by atoms with Crippen LogP contribution in [0.25, 0.3) is 0 Å². The van der Waals surface area contributed by atoms with Gasteiger partial charge in [-0.3, -0.25) is 0 Å². The van der Waals surface area contributed by atoms with E-state index in [1.807, 2.05) is 16.8 Å². The molecule has 0 spiro atoms. The zero-order valence-electron chi connectivity index (χ0n) is 10.1. The number of nitrogens with one attached hydrogen (secondary N) is 1. The lowest BCUT2D eigenvalue weighted by Gasteiger charge is -2.05. The van der Waals surface area contributed by atoms with Gasteiger partial charge >= 0.3 is 0 Å². The quantitative estimate of drug-likeness (QED) is 0.911. The summed E-state index contributed by atoms with van der Waals surface area (Å²) in [5.74, 6) is 0.315. The molecule has 5 nitrogen and oxygen atoms in total. The Morgan fingerprint density at radius 1 is 1.44 bits per heavy atom. The third kappa shape index (κ3) is 2.80. The Morgan fingerprint density at radius 3 is 2.78 bits per heavy atom. The summed E-state index contributed by atoms with van der Waals surface area (Å²) >= 11 is 1.60. The summed E-state index contributed by atoms with van der Waals surface area (Å²) in [7, 11) is -3.53. The number of nitrogens with zero attached hydrogens (tertiary/aromatic N) is 1. The number of rotatable bonds is 5. The van der Waals surface area contributed by atoms with Crippen LogP contribution >= 0.6 is 11.3 Å². The van der Waals surface area contributed by atoms with Crippen LogP contribution in [-0.4, -0.2) is 20.1 Å². The van der Waals surface area contributed by atoms with E-state index >= 15 is 0 Å². The molecular formula is C11H14N2O3S2. The Balaban J connectivity index is 2.04. The van der Waals surface area contributed by atoms with E-state index in [0.717, 1.165) is 5.56 Å². The Morgan fingerprint density at radius 2 is 2.22 bits per heavy atom. The third-order valence-corrected chi connectivity index (χ3v) is 4.96. The molecule has 7 heteroatoms. The molecule has 2 aromatic rings. The number of aromatic nitrogens is 1. The molecule has 0 amide bonds. The first kappa shape index (κ1) is 13.3. The van der Waals surface area contributed by atoms with Crippen LogP contribution in [-0.2, 0) is 16.4 Å². The van der Waals surface area contributed by atoms with Crippen molar-refractivity contribution in [1.82, 2.24) is 9.88 Å². The van der Waals surface area contributed by atoms with E-state index in [9.17, 15) is 8.42 Å². The van der Waals surface area contributed by atoms with Crippen LogP contribution in [0.1, 0.15) is 17.0 Å². The highest BCUT2D eigenvalue weighted by atomic mass is 32.2. The molecule has 98 valence electrons. The van der Waals surface area contributed by atoms with Crippen molar-refractivity contribution in [3.8, 4) is 0 Å². The number of hydrogen-bond donors (Lipinski definition) is 1. The SMILES string of the molecule is Cc1noc(C)c1S(=O)(=O)NCCc1ccsc1. The summed E-state index contributed by atoms with van der Waals surface area (Å²) in [5, 5.41) is 7.62. The molecule has 0 aliphatic rings. The van der Waals surface area contributed by atoms with Gasteiger partial charge in [-0.05, 0) is 42.7 Å². The van der Waals surface area contributed by atoms with Gasteiger partial charge in [0.1, 0.15) is 10.6 Å². The minimum absolute atomic E-state index is 0.146. The summed E-state index contributed by atoms with van der Waals surface area (Å²) in [4.78, 5) is 0.146. The predicted molar refractivity (Wildman–Crippen MR) is 69.2 cm³/mol. The van der Waals surface area contributed by atoms with Crippen molar-refractivity contribution in [3.63, 3.8) is 0 Å². The van der Waals surface area contributed by atoms with E-state index in [0.29, 0.717) is 24.4 Å². The fraction of sp³-hybridized carbons (Fsp3) is 0.364. The number of thiophene rings is 1. The lowest BCUT2D eigenvalue weighted by molar-refractivity contribution is 0.390. The summed E-state index contributed by atoms with van der Waals surface area (Å²) in [6, 6.07) is 1.98. The van der Waals surface area contributed by atoms with Crippen molar-refractivity contribution >= 4 is 21.4 Å². The molecule has 0 aromatic carbocycles. The lowest BCUT2D eigenvalue weighted by Crippen LogP contribution is -2.26. The predicted octanol–water partition coefficient (Wildman–Crippen LogP) is 1.87. The summed E-state index contributed by atoms with van der Waals surface area (Å²) < 4.78 is 31.5. The number of hydrogen-bond acceptors (Lipinski definition) is 5. The minimum Gasteiger partial charge on any atom is -0.360 e. The van der Waals surface area contributed by atoms with E-state index in [1.54, 1.807) is 25.2 Å². The molecule has 2 aromatic heterocycles. The van der Waals surface area contributed by atoms with Crippen LogP contribution in [0.5, 0.6) is 0 Å². The molecule has 18 heavy (non-hydrogen) atoms. The van der Waals surface area contributed by atoms with Gasteiger partial charge in [0.25, 0.3) is 0 Å². The Labute approximate surface area is 110 Å². The molecule has 0 unspecified atom stereocenters. The van der Waals surface area contributed by atoms with Crippen LogP contribution in [0.3, 0.4) is 0 Å². The van der Waals surface area contributed by atoms with Crippen LogP contribution in [0.15, 0.2) is 26.2 Å². The molecule has 0 saturated carbocycles. The summed E-state index contributed by atoms with van der Waals surface area (Å²) in [6.45, 7) is 3.57. The molecule has 2 heterocycles. The molecule has 2 rings (SSSR count). The van der Waals surface area contributed by atoms with Crippen molar-refractivity contribution in [1.29, 1.82) is 0 Å². The van der Waals surface area contributed by atoms with Crippen LogP contribution < -0.4 is 4.72 Å². The van der Waals surface area contributed by atoms with Crippen molar-refractivity contribution in [2.24, 2.45) is 0 Å². The smallest absolute Gasteiger partial charge is 0.245 e. The largest absolute Gasteiger partial charge is 0.360 e. The van der Waals surface area contributed by atoms with E-state index in [4.69, 9.17) is 4.52 Å². The van der Waals surface area contributed by atoms with E-state index < -0.39 is 10.0 Å². The standard InChI is InChI=1S/C11H14N2O3S2/c1-8-11(9(2)16-13-8)18(14,15)12-5-3-10-4-6-17-7-10/h4,6-7,12H,3,5H2,1-2H3. The first-order valence-electron chi connectivity index (χ1n) is 5.44. The van der Waals surface area contributed by atoms with Crippen molar-refractivity contribution in [3.05, 3.63) is 33.8 Å². The van der Waals surface area contributed by atoms with Crippen LogP contribution in [0.4, 0.5) is 0 Å². The van der Waals surface area contributed by atoms with Gasteiger partial charge in [-0.2, -0.15) is 11.3 Å². The molecule has 0 aliphatic carbocycles. The number of aryl methyl sites for hydroxylation is 2. The first-order valence-corrected chi connectivity index (χ1v) is 7.87. The van der Waals surface area contributed by atoms with Crippen molar-refractivity contribution in [2.45, 2.75) is 25.2 Å². The van der Waals surface area contributed by atoms with Crippen LogP contribution in [0.2, 0.25) is 0 Å². The molecule has 0 aliphatic heterocycles. The van der Waals surface area contributed by atoms with E-state index in [1.165, 1.54) is 0 Å². The monoisotopic (exact) mass is 286 g/mol. The van der Waals surface area contributed by atoms with Crippen molar-refractivity contribution in [2.75, 3.05) is 6.54 Å². The Kier molecular flexibility index (Phi) is 3.84. The van der Waals surface area contributed by atoms with Gasteiger partial charge in [-0.1, -0.05) is 5.16 Å². The normalized spacial score (nSPS) is 11.9. The highest BCUT2D eigenvalue weighted by Crippen LogP contribution is 2.18. The second kappa shape index (κ2) is 5.21. The van der Waals surface area contributed by atoms with Crippen molar-refractivity contribution < 1.29 is 12.9 Å². The van der Waals surface area contributed by atoms with Crippen LogP contribution in [0, 0.1) is 13.8 Å². The molecular weight excluding hydrogens is 272 g/mol. The number of sulfonamides is 1. The Bertz CT molecular complexity index is 595. The molecule has 0 radical (unpaired) electrons. The van der Waals surface area contributed by atoms with Gasteiger partial charge in [0.05, 0.1) is 0 Å². The fourth-order valence-electron chi connectivity index (χ4n) is 1.70. The van der Waals surface area contributed by atoms with E-state index in [-0.39, 0.29) is 4.90 Å². The van der Waals surface area contributed by atoms with Gasteiger partial charge in [0, 0.05) is 6.54 Å². The summed E-state index contributed by atoms with van der Waals surface area (Å²) in [6.07, 6.45) is 0.673. The second-order valence-corrected chi connectivity index (χ2v) is 6.42. The van der Waals surface area contributed by atoms with Gasteiger partial charge in [-0.25, -0.2) is 13.1 Å². The van der Waals surface area contributed by atoms with Gasteiger partial charge in [0.15, 0.2) is 5.76 Å². The fourth-order valence-corrected chi connectivity index (χ4v) is 3.76. The highest BCUT2D eigenvalue weighted by Gasteiger charge is 2.23. The Hall–Kier alpha value is -1.18. The zero-order chi connectivity index (χ0) is 13.2. The molecule has 0 fully saturated rings. The molecule has 0 atom stereocenters. The van der Waals surface area contributed by atoms with Gasteiger partial charge in [0.2, 0.25) is 10.0 Å². The van der Waals surface area contributed by atoms with E-state index in [2.05, 4.69) is 9.88 Å². The average molecular weight is 286 g/mol.